The Bertz CT molecular complexity index is 546. The van der Waals surface area contributed by atoms with Crippen LogP contribution >= 0.6 is 0 Å². The van der Waals surface area contributed by atoms with Gasteiger partial charge in [-0.1, -0.05) is 0 Å². The third kappa shape index (κ3) is 2.11. The molecule has 0 saturated heterocycles. The van der Waals surface area contributed by atoms with Crippen molar-refractivity contribution in [2.24, 2.45) is 0 Å². The first-order valence-electron chi connectivity index (χ1n) is 5.68. The minimum atomic E-state index is 0.717. The van der Waals surface area contributed by atoms with Crippen molar-refractivity contribution in [2.75, 3.05) is 19.5 Å². The van der Waals surface area contributed by atoms with Crippen molar-refractivity contribution in [3.63, 3.8) is 0 Å². The smallest absolute Gasteiger partial charge is 0.156 e. The summed E-state index contributed by atoms with van der Waals surface area (Å²) in [6, 6.07) is 4.05. The van der Waals surface area contributed by atoms with Gasteiger partial charge in [0.05, 0.1) is 7.11 Å². The molecule has 5 nitrogen and oxygen atoms in total. The predicted octanol–water partition coefficient (Wildman–Crippen LogP) is 2.21. The lowest BCUT2D eigenvalue weighted by molar-refractivity contribution is 0.408. The maximum atomic E-state index is 5.36. The Morgan fingerprint density at radius 1 is 1.17 bits per heavy atom. The van der Waals surface area contributed by atoms with Crippen LogP contribution < -0.4 is 10.1 Å². The number of nitrogens with one attached hydrogen (secondary N) is 1. The Balaban J connectivity index is 2.58. The molecule has 0 saturated carbocycles. The SMILES string of the molecule is CNc1ncnnc1-c1cc(C)c(OC)c(C)c1. The zero-order valence-corrected chi connectivity index (χ0v) is 11.0. The standard InChI is InChI=1S/C13H16N4O/c1-8-5-10(6-9(2)12(8)18-4)11-13(14-3)15-7-16-17-11/h5-7H,1-4H3,(H,14,15,16). The van der Waals surface area contributed by atoms with E-state index in [-0.39, 0.29) is 0 Å². The van der Waals surface area contributed by atoms with Crippen LogP contribution in [0.1, 0.15) is 11.1 Å². The summed E-state index contributed by atoms with van der Waals surface area (Å²) in [6.45, 7) is 4.02. The summed E-state index contributed by atoms with van der Waals surface area (Å²) in [5.41, 5.74) is 3.87. The van der Waals surface area contributed by atoms with Crippen molar-refractivity contribution in [2.45, 2.75) is 13.8 Å². The maximum absolute atomic E-state index is 5.36. The van der Waals surface area contributed by atoms with Crippen molar-refractivity contribution in [3.05, 3.63) is 29.6 Å². The molecular formula is C13H16N4O. The van der Waals surface area contributed by atoms with E-state index in [0.717, 1.165) is 28.1 Å². The van der Waals surface area contributed by atoms with Gasteiger partial charge in [-0.25, -0.2) is 4.98 Å². The fourth-order valence-corrected chi connectivity index (χ4v) is 2.06. The summed E-state index contributed by atoms with van der Waals surface area (Å²) in [5, 5.41) is 11.0. The third-order valence-electron chi connectivity index (χ3n) is 2.80. The van der Waals surface area contributed by atoms with E-state index in [0.29, 0.717) is 5.82 Å². The van der Waals surface area contributed by atoms with Gasteiger partial charge in [-0.3, -0.25) is 0 Å². The van der Waals surface area contributed by atoms with E-state index in [1.165, 1.54) is 6.33 Å². The Morgan fingerprint density at radius 3 is 2.39 bits per heavy atom. The van der Waals surface area contributed by atoms with Crippen LogP contribution in [0.2, 0.25) is 0 Å². The van der Waals surface area contributed by atoms with Crippen molar-refractivity contribution in [1.29, 1.82) is 0 Å². The summed E-state index contributed by atoms with van der Waals surface area (Å²) in [5.74, 6) is 1.62. The van der Waals surface area contributed by atoms with Crippen LogP contribution in [0.4, 0.5) is 5.82 Å². The normalized spacial score (nSPS) is 10.2. The number of benzene rings is 1. The maximum Gasteiger partial charge on any atom is 0.156 e. The molecule has 0 radical (unpaired) electrons. The van der Waals surface area contributed by atoms with Gasteiger partial charge in [0, 0.05) is 12.6 Å². The van der Waals surface area contributed by atoms with Gasteiger partial charge in [-0.05, 0) is 37.1 Å². The molecule has 0 aliphatic rings. The molecule has 5 heteroatoms. The average molecular weight is 244 g/mol. The molecule has 2 rings (SSSR count). The second kappa shape index (κ2) is 5.00. The van der Waals surface area contributed by atoms with Crippen LogP contribution in [0.5, 0.6) is 5.75 Å². The molecular weight excluding hydrogens is 228 g/mol. The lowest BCUT2D eigenvalue weighted by Crippen LogP contribution is -2.00. The second-order valence-electron chi connectivity index (χ2n) is 4.05. The molecule has 0 atom stereocenters. The van der Waals surface area contributed by atoms with Crippen molar-refractivity contribution in [1.82, 2.24) is 15.2 Å². The van der Waals surface area contributed by atoms with Gasteiger partial charge in [0.25, 0.3) is 0 Å². The van der Waals surface area contributed by atoms with Gasteiger partial charge < -0.3 is 10.1 Å². The molecule has 0 unspecified atom stereocenters. The van der Waals surface area contributed by atoms with E-state index in [1.807, 2.05) is 33.0 Å². The first kappa shape index (κ1) is 12.3. The van der Waals surface area contributed by atoms with Crippen molar-refractivity contribution in [3.8, 4) is 17.0 Å². The van der Waals surface area contributed by atoms with Gasteiger partial charge in [-0.15, -0.1) is 10.2 Å². The van der Waals surface area contributed by atoms with E-state index in [9.17, 15) is 0 Å². The molecule has 1 N–H and O–H groups in total. The minimum Gasteiger partial charge on any atom is -0.496 e. The van der Waals surface area contributed by atoms with E-state index in [1.54, 1.807) is 7.11 Å². The molecule has 2 aromatic rings. The molecule has 1 aromatic heterocycles. The Kier molecular flexibility index (Phi) is 3.41. The Hall–Kier alpha value is -2.17. The van der Waals surface area contributed by atoms with E-state index in [2.05, 4.69) is 20.5 Å². The number of hydrogen-bond donors (Lipinski definition) is 1. The number of methoxy groups -OCH3 is 1. The summed E-state index contributed by atoms with van der Waals surface area (Å²) in [4.78, 5) is 4.16. The summed E-state index contributed by atoms with van der Waals surface area (Å²) in [7, 11) is 3.49. The van der Waals surface area contributed by atoms with Gasteiger partial charge in [0.1, 0.15) is 17.8 Å². The quantitative estimate of drug-likeness (QED) is 0.897. The lowest BCUT2D eigenvalue weighted by atomic mass is 10.0. The molecule has 0 amide bonds. The van der Waals surface area contributed by atoms with E-state index >= 15 is 0 Å². The average Bonchev–Trinajstić information content (AvgIpc) is 2.38. The van der Waals surface area contributed by atoms with Crippen molar-refractivity contribution >= 4 is 5.82 Å². The second-order valence-corrected chi connectivity index (χ2v) is 4.05. The number of aromatic nitrogens is 3. The molecule has 0 fully saturated rings. The van der Waals surface area contributed by atoms with Crippen molar-refractivity contribution < 1.29 is 4.74 Å². The van der Waals surface area contributed by atoms with Crippen LogP contribution in [-0.4, -0.2) is 29.3 Å². The third-order valence-corrected chi connectivity index (χ3v) is 2.80. The molecule has 0 aliphatic heterocycles. The largest absolute Gasteiger partial charge is 0.496 e. The van der Waals surface area contributed by atoms with Gasteiger partial charge in [-0.2, -0.15) is 0 Å². The van der Waals surface area contributed by atoms with E-state index < -0.39 is 0 Å². The Morgan fingerprint density at radius 2 is 1.83 bits per heavy atom. The fraction of sp³-hybridized carbons (Fsp3) is 0.308. The minimum absolute atomic E-state index is 0.717. The zero-order valence-electron chi connectivity index (χ0n) is 11.0. The Labute approximate surface area is 106 Å². The number of anilines is 1. The predicted molar refractivity (Wildman–Crippen MR) is 70.8 cm³/mol. The highest BCUT2D eigenvalue weighted by Gasteiger charge is 2.11. The highest BCUT2D eigenvalue weighted by Crippen LogP contribution is 2.30. The molecule has 0 bridgehead atoms. The van der Waals surface area contributed by atoms with Crippen LogP contribution in [-0.2, 0) is 0 Å². The highest BCUT2D eigenvalue weighted by atomic mass is 16.5. The number of nitrogens with zero attached hydrogens (tertiary/aromatic N) is 3. The first-order chi connectivity index (χ1) is 8.67. The number of aryl methyl sites for hydroxylation is 2. The highest BCUT2D eigenvalue weighted by molar-refractivity contribution is 5.72. The fourth-order valence-electron chi connectivity index (χ4n) is 2.06. The van der Waals surface area contributed by atoms with E-state index in [4.69, 9.17) is 4.74 Å². The van der Waals surface area contributed by atoms with Gasteiger partial charge in [0.2, 0.25) is 0 Å². The molecule has 0 aliphatic carbocycles. The summed E-state index contributed by atoms with van der Waals surface area (Å²) in [6.07, 6.45) is 1.43. The van der Waals surface area contributed by atoms with Gasteiger partial charge in [0.15, 0.2) is 5.82 Å². The number of ether oxygens (including phenoxy) is 1. The first-order valence-corrected chi connectivity index (χ1v) is 5.68. The lowest BCUT2D eigenvalue weighted by Gasteiger charge is -2.12. The number of rotatable bonds is 3. The summed E-state index contributed by atoms with van der Waals surface area (Å²) < 4.78 is 5.36. The van der Waals surface area contributed by atoms with Crippen LogP contribution in [0.3, 0.4) is 0 Å². The molecule has 0 spiro atoms. The van der Waals surface area contributed by atoms with Crippen LogP contribution in [0.15, 0.2) is 18.5 Å². The number of hydrogen-bond acceptors (Lipinski definition) is 5. The topological polar surface area (TPSA) is 59.9 Å². The van der Waals surface area contributed by atoms with Gasteiger partial charge >= 0.3 is 0 Å². The summed E-state index contributed by atoms with van der Waals surface area (Å²) >= 11 is 0. The van der Waals surface area contributed by atoms with Crippen LogP contribution in [0, 0.1) is 13.8 Å². The van der Waals surface area contributed by atoms with Crippen LogP contribution in [0.25, 0.3) is 11.3 Å². The molecule has 1 aromatic carbocycles. The molecule has 94 valence electrons. The zero-order chi connectivity index (χ0) is 13.1. The monoisotopic (exact) mass is 244 g/mol. The molecule has 18 heavy (non-hydrogen) atoms. The molecule has 1 heterocycles.